The van der Waals surface area contributed by atoms with Gasteiger partial charge in [-0.2, -0.15) is 0 Å². The zero-order valence-corrected chi connectivity index (χ0v) is 9.89. The molecule has 0 saturated carbocycles. The molecule has 1 heterocycles. The maximum atomic E-state index is 9.73. The van der Waals surface area contributed by atoms with E-state index in [2.05, 4.69) is 0 Å². The van der Waals surface area contributed by atoms with Gasteiger partial charge in [-0.25, -0.2) is 0 Å². The molecule has 6 nitrogen and oxygen atoms in total. The van der Waals surface area contributed by atoms with Crippen LogP contribution in [0.5, 0.6) is 11.5 Å². The number of rotatable bonds is 3. The predicted octanol–water partition coefficient (Wildman–Crippen LogP) is -0.487. The number of hydrogen-bond donors (Lipinski definition) is 3. The third-order valence-corrected chi connectivity index (χ3v) is 2.77. The van der Waals surface area contributed by atoms with Crippen molar-refractivity contribution in [1.29, 1.82) is 0 Å². The summed E-state index contributed by atoms with van der Waals surface area (Å²) in [5.41, 5.74) is 0. The molecule has 1 aromatic rings. The fourth-order valence-electron chi connectivity index (χ4n) is 1.72. The number of para-hydroxylation sites is 2. The van der Waals surface area contributed by atoms with Crippen LogP contribution in [0.15, 0.2) is 24.3 Å². The van der Waals surface area contributed by atoms with Crippen molar-refractivity contribution in [2.45, 2.75) is 24.6 Å². The van der Waals surface area contributed by atoms with E-state index in [1.165, 1.54) is 7.11 Å². The minimum Gasteiger partial charge on any atom is -0.493 e. The van der Waals surface area contributed by atoms with Crippen molar-refractivity contribution in [3.05, 3.63) is 24.3 Å². The molecular weight excluding hydrogens is 240 g/mol. The van der Waals surface area contributed by atoms with E-state index < -0.39 is 24.6 Å². The van der Waals surface area contributed by atoms with Crippen LogP contribution in [0.25, 0.3) is 0 Å². The van der Waals surface area contributed by atoms with Crippen LogP contribution in [-0.2, 0) is 4.74 Å². The monoisotopic (exact) mass is 256 g/mol. The van der Waals surface area contributed by atoms with E-state index in [1.807, 2.05) is 0 Å². The van der Waals surface area contributed by atoms with E-state index in [4.69, 9.17) is 14.2 Å². The fraction of sp³-hybridized carbons (Fsp3) is 0.500. The largest absolute Gasteiger partial charge is 0.493 e. The van der Waals surface area contributed by atoms with E-state index in [-0.39, 0.29) is 6.61 Å². The Morgan fingerprint density at radius 3 is 2.44 bits per heavy atom. The minimum absolute atomic E-state index is 0.0992. The first-order valence-electron chi connectivity index (χ1n) is 5.59. The zero-order chi connectivity index (χ0) is 13.1. The van der Waals surface area contributed by atoms with Crippen molar-refractivity contribution < 1.29 is 29.5 Å². The van der Waals surface area contributed by atoms with Crippen molar-refractivity contribution >= 4 is 0 Å². The first-order chi connectivity index (χ1) is 8.63. The molecule has 100 valence electrons. The zero-order valence-electron chi connectivity index (χ0n) is 9.89. The van der Waals surface area contributed by atoms with Gasteiger partial charge in [0.15, 0.2) is 11.5 Å². The smallest absolute Gasteiger partial charge is 0.229 e. The molecule has 4 atom stereocenters. The van der Waals surface area contributed by atoms with E-state index in [1.54, 1.807) is 24.3 Å². The quantitative estimate of drug-likeness (QED) is 0.676. The SMILES string of the molecule is COc1ccccc1O[C@@H]1OC[C@@H](O)[C@H](O)[C@H]1O. The van der Waals surface area contributed by atoms with Gasteiger partial charge in [0.25, 0.3) is 0 Å². The van der Waals surface area contributed by atoms with Gasteiger partial charge < -0.3 is 29.5 Å². The van der Waals surface area contributed by atoms with Crippen molar-refractivity contribution in [1.82, 2.24) is 0 Å². The van der Waals surface area contributed by atoms with Crippen LogP contribution in [0.4, 0.5) is 0 Å². The number of aliphatic hydroxyl groups excluding tert-OH is 3. The van der Waals surface area contributed by atoms with Gasteiger partial charge in [0, 0.05) is 0 Å². The molecule has 3 N–H and O–H groups in total. The summed E-state index contributed by atoms with van der Waals surface area (Å²) in [4.78, 5) is 0. The molecule has 0 bridgehead atoms. The van der Waals surface area contributed by atoms with Crippen LogP contribution in [-0.4, -0.2) is 53.6 Å². The number of hydrogen-bond acceptors (Lipinski definition) is 6. The number of methoxy groups -OCH3 is 1. The normalized spacial score (nSPS) is 32.0. The number of aliphatic hydroxyl groups is 3. The maximum Gasteiger partial charge on any atom is 0.229 e. The average molecular weight is 256 g/mol. The van der Waals surface area contributed by atoms with Gasteiger partial charge in [-0.1, -0.05) is 12.1 Å². The molecular formula is C12H16O6. The Balaban J connectivity index is 2.09. The third kappa shape index (κ3) is 2.56. The Bertz CT molecular complexity index is 396. The molecule has 1 saturated heterocycles. The van der Waals surface area contributed by atoms with Gasteiger partial charge >= 0.3 is 0 Å². The molecule has 2 rings (SSSR count). The van der Waals surface area contributed by atoms with Crippen molar-refractivity contribution in [2.75, 3.05) is 13.7 Å². The van der Waals surface area contributed by atoms with Gasteiger partial charge in [-0.05, 0) is 12.1 Å². The highest BCUT2D eigenvalue weighted by Crippen LogP contribution is 2.29. The fourth-order valence-corrected chi connectivity index (χ4v) is 1.72. The highest BCUT2D eigenvalue weighted by atomic mass is 16.7. The summed E-state index contributed by atoms with van der Waals surface area (Å²) in [6, 6.07) is 6.89. The second kappa shape index (κ2) is 5.53. The molecule has 0 radical (unpaired) electrons. The standard InChI is InChI=1S/C12H16O6/c1-16-8-4-2-3-5-9(8)18-12-11(15)10(14)7(13)6-17-12/h2-5,7,10-15H,6H2,1H3/t7-,10+,11-,12+/m1/s1. The summed E-state index contributed by atoms with van der Waals surface area (Å²) in [6.07, 6.45) is -4.77. The van der Waals surface area contributed by atoms with Crippen LogP contribution in [0.2, 0.25) is 0 Å². The van der Waals surface area contributed by atoms with E-state index in [9.17, 15) is 15.3 Å². The molecule has 1 aromatic carbocycles. The Kier molecular flexibility index (Phi) is 4.03. The molecule has 0 unspecified atom stereocenters. The molecule has 0 aliphatic carbocycles. The summed E-state index contributed by atoms with van der Waals surface area (Å²) in [6.45, 7) is -0.0992. The summed E-state index contributed by atoms with van der Waals surface area (Å²) in [7, 11) is 1.50. The van der Waals surface area contributed by atoms with Gasteiger partial charge in [0.05, 0.1) is 13.7 Å². The first kappa shape index (κ1) is 13.1. The Labute approximate surface area is 104 Å². The molecule has 0 aromatic heterocycles. The first-order valence-corrected chi connectivity index (χ1v) is 5.59. The van der Waals surface area contributed by atoms with Gasteiger partial charge in [0.2, 0.25) is 6.29 Å². The third-order valence-electron chi connectivity index (χ3n) is 2.77. The highest BCUT2D eigenvalue weighted by molar-refractivity contribution is 5.39. The molecule has 0 amide bonds. The topological polar surface area (TPSA) is 88.4 Å². The molecule has 6 heteroatoms. The molecule has 1 aliphatic rings. The van der Waals surface area contributed by atoms with E-state index in [0.717, 1.165) is 0 Å². The number of ether oxygens (including phenoxy) is 3. The summed E-state index contributed by atoms with van der Waals surface area (Å²) in [5.74, 6) is 0.890. The average Bonchev–Trinajstić information content (AvgIpc) is 2.40. The van der Waals surface area contributed by atoms with Crippen molar-refractivity contribution in [3.8, 4) is 11.5 Å². The molecule has 1 fully saturated rings. The minimum atomic E-state index is -1.32. The van der Waals surface area contributed by atoms with Gasteiger partial charge in [0.1, 0.15) is 18.3 Å². The van der Waals surface area contributed by atoms with Crippen LogP contribution >= 0.6 is 0 Å². The Hall–Kier alpha value is -1.34. The predicted molar refractivity (Wildman–Crippen MR) is 61.4 cm³/mol. The molecule has 1 aliphatic heterocycles. The van der Waals surface area contributed by atoms with Crippen LogP contribution in [0.1, 0.15) is 0 Å². The van der Waals surface area contributed by atoms with Crippen LogP contribution in [0, 0.1) is 0 Å². The Morgan fingerprint density at radius 2 is 1.78 bits per heavy atom. The second-order valence-corrected chi connectivity index (χ2v) is 4.02. The lowest BCUT2D eigenvalue weighted by atomic mass is 10.1. The lowest BCUT2D eigenvalue weighted by Crippen LogP contribution is -2.54. The maximum absolute atomic E-state index is 9.73. The van der Waals surface area contributed by atoms with Crippen LogP contribution < -0.4 is 9.47 Å². The molecule has 0 spiro atoms. The summed E-state index contributed by atoms with van der Waals surface area (Å²) in [5, 5.41) is 28.6. The summed E-state index contributed by atoms with van der Waals surface area (Å²) >= 11 is 0. The van der Waals surface area contributed by atoms with Crippen molar-refractivity contribution in [2.24, 2.45) is 0 Å². The van der Waals surface area contributed by atoms with Gasteiger partial charge in [-0.3, -0.25) is 0 Å². The van der Waals surface area contributed by atoms with Gasteiger partial charge in [-0.15, -0.1) is 0 Å². The number of benzene rings is 1. The van der Waals surface area contributed by atoms with E-state index in [0.29, 0.717) is 11.5 Å². The van der Waals surface area contributed by atoms with E-state index >= 15 is 0 Å². The lowest BCUT2D eigenvalue weighted by Gasteiger charge is -2.35. The second-order valence-electron chi connectivity index (χ2n) is 4.02. The highest BCUT2D eigenvalue weighted by Gasteiger charge is 2.39. The summed E-state index contributed by atoms with van der Waals surface area (Å²) < 4.78 is 15.7. The van der Waals surface area contributed by atoms with Crippen LogP contribution in [0.3, 0.4) is 0 Å². The van der Waals surface area contributed by atoms with Crippen molar-refractivity contribution in [3.63, 3.8) is 0 Å². The Morgan fingerprint density at radius 1 is 1.11 bits per heavy atom. The molecule has 18 heavy (non-hydrogen) atoms. The lowest BCUT2D eigenvalue weighted by molar-refractivity contribution is -0.242.